The third-order valence-electron chi connectivity index (χ3n) is 6.20. The number of fused-ring (bicyclic) bond motifs is 1. The van der Waals surface area contributed by atoms with Crippen molar-refractivity contribution in [3.8, 4) is 17.2 Å². The van der Waals surface area contributed by atoms with E-state index in [1.54, 1.807) is 17.0 Å². The van der Waals surface area contributed by atoms with E-state index in [2.05, 4.69) is 10.4 Å². The number of ether oxygens (including phenoxy) is 3. The van der Waals surface area contributed by atoms with Crippen LogP contribution in [0.25, 0.3) is 0 Å². The van der Waals surface area contributed by atoms with E-state index in [-0.39, 0.29) is 23.7 Å². The van der Waals surface area contributed by atoms with Gasteiger partial charge in [0.1, 0.15) is 11.4 Å². The van der Waals surface area contributed by atoms with Gasteiger partial charge in [0.15, 0.2) is 17.5 Å². The Morgan fingerprint density at radius 3 is 2.24 bits per heavy atom. The van der Waals surface area contributed by atoms with Gasteiger partial charge >= 0.3 is 6.18 Å². The molecule has 2 aromatic rings. The molecule has 11 heteroatoms. The Morgan fingerprint density at radius 2 is 1.70 bits per heavy atom. The molecule has 0 aliphatic carbocycles. The highest BCUT2D eigenvalue weighted by Crippen LogP contribution is 2.47. The number of nitrogens with one attached hydrogen (secondary N) is 1. The first-order chi connectivity index (χ1) is 15.8. The molecule has 2 aliphatic heterocycles. The fraction of sp³-hybridized carbons (Fsp3) is 0.545. The molecule has 1 fully saturated rings. The van der Waals surface area contributed by atoms with E-state index in [0.29, 0.717) is 35.9 Å². The number of carbonyl (C=O) groups excluding carboxylic acids is 1. The van der Waals surface area contributed by atoms with Crippen LogP contribution in [-0.4, -0.2) is 61.2 Å². The van der Waals surface area contributed by atoms with Crippen LogP contribution >= 0.6 is 0 Å². The summed E-state index contributed by atoms with van der Waals surface area (Å²) in [7, 11) is 4.34. The fourth-order valence-corrected chi connectivity index (χ4v) is 4.51. The van der Waals surface area contributed by atoms with Gasteiger partial charge in [-0.05, 0) is 37.0 Å². The van der Waals surface area contributed by atoms with Crippen LogP contribution < -0.4 is 19.5 Å². The minimum Gasteiger partial charge on any atom is -0.493 e. The Bertz CT molecular complexity index is 993. The number of amides is 1. The lowest BCUT2D eigenvalue weighted by atomic mass is 9.95. The van der Waals surface area contributed by atoms with Gasteiger partial charge in [-0.15, -0.1) is 0 Å². The third kappa shape index (κ3) is 4.28. The summed E-state index contributed by atoms with van der Waals surface area (Å²) in [5.74, 6) is 0.771. The summed E-state index contributed by atoms with van der Waals surface area (Å²) in [6.45, 7) is 1.17. The molecule has 0 unspecified atom stereocenters. The van der Waals surface area contributed by atoms with Gasteiger partial charge < -0.3 is 24.4 Å². The fourth-order valence-electron chi connectivity index (χ4n) is 4.51. The van der Waals surface area contributed by atoms with Crippen molar-refractivity contribution in [1.29, 1.82) is 0 Å². The molecule has 180 valence electrons. The quantitative estimate of drug-likeness (QED) is 0.709. The summed E-state index contributed by atoms with van der Waals surface area (Å²) < 4.78 is 59.0. The van der Waals surface area contributed by atoms with E-state index < -0.39 is 18.3 Å². The molecule has 1 amide bonds. The van der Waals surface area contributed by atoms with Crippen LogP contribution in [-0.2, 0) is 0 Å². The molecule has 0 radical (unpaired) electrons. The highest BCUT2D eigenvalue weighted by Gasteiger charge is 2.47. The van der Waals surface area contributed by atoms with Crippen LogP contribution in [0.1, 0.15) is 53.7 Å². The summed E-state index contributed by atoms with van der Waals surface area (Å²) in [6, 6.07) is 0.582. The second kappa shape index (κ2) is 9.03. The zero-order valence-electron chi connectivity index (χ0n) is 18.7. The Labute approximate surface area is 189 Å². The largest absolute Gasteiger partial charge is 0.493 e. The Hall–Kier alpha value is -3.11. The molecule has 1 aromatic carbocycles. The first kappa shape index (κ1) is 23.1. The molecular weight excluding hydrogens is 441 g/mol. The summed E-state index contributed by atoms with van der Waals surface area (Å²) in [4.78, 5) is 14.8. The van der Waals surface area contributed by atoms with Gasteiger partial charge in [-0.3, -0.25) is 4.79 Å². The summed E-state index contributed by atoms with van der Waals surface area (Å²) in [5, 5.41) is 7.09. The molecule has 33 heavy (non-hydrogen) atoms. The minimum absolute atomic E-state index is 0.0675. The zero-order valence-corrected chi connectivity index (χ0v) is 18.7. The number of benzene rings is 1. The first-order valence-electron chi connectivity index (χ1n) is 10.8. The predicted molar refractivity (Wildman–Crippen MR) is 114 cm³/mol. The molecule has 2 atom stereocenters. The van der Waals surface area contributed by atoms with E-state index in [4.69, 9.17) is 14.2 Å². The number of nitrogens with zero attached hydrogens (tertiary/aromatic N) is 3. The number of alkyl halides is 3. The second-order valence-electron chi connectivity index (χ2n) is 8.15. The monoisotopic (exact) mass is 468 g/mol. The SMILES string of the molecule is COc1cc([C@@H]2C[C@H](C(F)(F)F)n3ncc(C(=O)N4CCCCC4)c3N2)cc(OC)c1OC. The highest BCUT2D eigenvalue weighted by atomic mass is 19.4. The van der Waals surface area contributed by atoms with Crippen molar-refractivity contribution >= 4 is 11.7 Å². The van der Waals surface area contributed by atoms with Gasteiger partial charge in [-0.1, -0.05) is 0 Å². The number of aromatic nitrogens is 2. The lowest BCUT2D eigenvalue weighted by molar-refractivity contribution is -0.173. The van der Waals surface area contributed by atoms with Crippen molar-refractivity contribution in [2.45, 2.75) is 43.9 Å². The molecule has 1 aromatic heterocycles. The molecule has 8 nitrogen and oxygen atoms in total. The Morgan fingerprint density at radius 1 is 1.06 bits per heavy atom. The average molecular weight is 468 g/mol. The molecule has 0 spiro atoms. The van der Waals surface area contributed by atoms with Gasteiger partial charge in [0.25, 0.3) is 5.91 Å². The summed E-state index contributed by atoms with van der Waals surface area (Å²) in [6.07, 6.45) is -0.839. The smallest absolute Gasteiger partial charge is 0.410 e. The number of anilines is 1. The van der Waals surface area contributed by atoms with E-state index in [9.17, 15) is 18.0 Å². The maximum atomic E-state index is 14.0. The van der Waals surface area contributed by atoms with E-state index in [1.165, 1.54) is 27.5 Å². The second-order valence-corrected chi connectivity index (χ2v) is 8.15. The lowest BCUT2D eigenvalue weighted by Crippen LogP contribution is -2.38. The molecule has 1 N–H and O–H groups in total. The minimum atomic E-state index is -4.55. The van der Waals surface area contributed by atoms with Crippen molar-refractivity contribution in [1.82, 2.24) is 14.7 Å². The molecule has 4 rings (SSSR count). The number of halogens is 3. The zero-order chi connectivity index (χ0) is 23.8. The maximum absolute atomic E-state index is 14.0. The Kier molecular flexibility index (Phi) is 6.31. The van der Waals surface area contributed by atoms with Gasteiger partial charge in [-0.2, -0.15) is 18.3 Å². The molecule has 3 heterocycles. The van der Waals surface area contributed by atoms with Gasteiger partial charge in [0.2, 0.25) is 5.75 Å². The van der Waals surface area contributed by atoms with E-state index in [0.717, 1.165) is 23.9 Å². The number of piperidine rings is 1. The molecule has 0 bridgehead atoms. The average Bonchev–Trinajstić information content (AvgIpc) is 3.25. The number of hydrogen-bond donors (Lipinski definition) is 1. The number of methoxy groups -OCH3 is 3. The summed E-state index contributed by atoms with van der Waals surface area (Å²) in [5.41, 5.74) is 0.658. The number of likely N-dealkylation sites (tertiary alicyclic amines) is 1. The van der Waals surface area contributed by atoms with Crippen molar-refractivity contribution in [2.24, 2.45) is 0 Å². The van der Waals surface area contributed by atoms with Crippen molar-refractivity contribution in [3.63, 3.8) is 0 Å². The standard InChI is InChI=1S/C22H27F3N4O4/c1-31-16-9-13(10-17(32-2)19(16)33-3)15-11-18(22(23,24)25)29-20(27-15)14(12-26-29)21(30)28-7-5-4-6-8-28/h9-10,12,15,18,27H,4-8,11H2,1-3H3/t15-,18+/m0/s1. The van der Waals surface area contributed by atoms with Crippen LogP contribution in [0.5, 0.6) is 17.2 Å². The van der Waals surface area contributed by atoms with E-state index >= 15 is 0 Å². The van der Waals surface area contributed by atoms with Gasteiger partial charge in [-0.25, -0.2) is 4.68 Å². The molecule has 2 aliphatic rings. The first-order valence-corrected chi connectivity index (χ1v) is 10.8. The summed E-state index contributed by atoms with van der Waals surface area (Å²) >= 11 is 0. The van der Waals surface area contributed by atoms with Crippen LogP contribution in [0, 0.1) is 0 Å². The van der Waals surface area contributed by atoms with Crippen LogP contribution in [0.2, 0.25) is 0 Å². The third-order valence-corrected chi connectivity index (χ3v) is 6.20. The van der Waals surface area contributed by atoms with Crippen LogP contribution in [0.15, 0.2) is 18.3 Å². The lowest BCUT2D eigenvalue weighted by Gasteiger charge is -2.35. The Balaban J connectivity index is 1.75. The molecular formula is C22H27F3N4O4. The van der Waals surface area contributed by atoms with Gasteiger partial charge in [0, 0.05) is 19.5 Å². The van der Waals surface area contributed by atoms with Gasteiger partial charge in [0.05, 0.1) is 33.6 Å². The molecule has 0 saturated carbocycles. The topological polar surface area (TPSA) is 77.9 Å². The number of rotatable bonds is 5. The van der Waals surface area contributed by atoms with Crippen LogP contribution in [0.3, 0.4) is 0 Å². The normalized spacial score (nSPS) is 20.6. The maximum Gasteiger partial charge on any atom is 0.410 e. The van der Waals surface area contributed by atoms with E-state index in [1.807, 2.05) is 0 Å². The molecule has 1 saturated heterocycles. The van der Waals surface area contributed by atoms with Crippen LogP contribution in [0.4, 0.5) is 19.0 Å². The highest BCUT2D eigenvalue weighted by molar-refractivity contribution is 5.99. The number of hydrogen-bond acceptors (Lipinski definition) is 6. The van der Waals surface area contributed by atoms with Crippen molar-refractivity contribution < 1.29 is 32.2 Å². The number of carbonyl (C=O) groups is 1. The van der Waals surface area contributed by atoms with Crippen molar-refractivity contribution in [3.05, 3.63) is 29.5 Å². The van der Waals surface area contributed by atoms with Crippen molar-refractivity contribution in [2.75, 3.05) is 39.7 Å². The predicted octanol–water partition coefficient (Wildman–Crippen LogP) is 4.20.